The summed E-state index contributed by atoms with van der Waals surface area (Å²) >= 11 is 0. The predicted octanol–water partition coefficient (Wildman–Crippen LogP) is 2.23. The summed E-state index contributed by atoms with van der Waals surface area (Å²) in [4.78, 5) is 31.1. The van der Waals surface area contributed by atoms with E-state index in [1.54, 1.807) is 30.7 Å². The van der Waals surface area contributed by atoms with Crippen LogP contribution < -0.4 is 4.74 Å². The Labute approximate surface area is 173 Å². The highest BCUT2D eigenvalue weighted by atomic mass is 16.5. The van der Waals surface area contributed by atoms with Gasteiger partial charge in [0.2, 0.25) is 5.78 Å². The van der Waals surface area contributed by atoms with E-state index in [4.69, 9.17) is 14.2 Å². The molecule has 1 fully saturated rings. The summed E-state index contributed by atoms with van der Waals surface area (Å²) in [6.07, 6.45) is 4.89. The van der Waals surface area contributed by atoms with E-state index in [1.807, 2.05) is 4.90 Å². The van der Waals surface area contributed by atoms with Crippen LogP contribution in [0.4, 0.5) is 0 Å². The van der Waals surface area contributed by atoms with Gasteiger partial charge in [0.05, 0.1) is 32.3 Å². The number of ketones is 1. The van der Waals surface area contributed by atoms with E-state index in [9.17, 15) is 14.7 Å². The lowest BCUT2D eigenvalue weighted by molar-refractivity contribution is -0.140. The molecular weight excluding hydrogens is 388 g/mol. The van der Waals surface area contributed by atoms with E-state index in [0.717, 1.165) is 0 Å². The minimum Gasteiger partial charge on any atom is -0.508 e. The van der Waals surface area contributed by atoms with Crippen LogP contribution in [0.15, 0.2) is 48.6 Å². The van der Waals surface area contributed by atoms with Crippen LogP contribution in [-0.4, -0.2) is 60.2 Å². The number of ether oxygens (including phenoxy) is 3. The van der Waals surface area contributed by atoms with Crippen molar-refractivity contribution >= 4 is 11.8 Å². The summed E-state index contributed by atoms with van der Waals surface area (Å²) in [6, 6.07) is 6.54. The van der Waals surface area contributed by atoms with Gasteiger partial charge in [0.25, 0.3) is 0 Å². The fourth-order valence-corrected chi connectivity index (χ4v) is 3.68. The van der Waals surface area contributed by atoms with Crippen LogP contribution in [0.3, 0.4) is 0 Å². The maximum atomic E-state index is 12.9. The molecule has 1 atom stereocenters. The molecule has 1 N–H and O–H groups in total. The van der Waals surface area contributed by atoms with Crippen molar-refractivity contribution in [3.63, 3.8) is 0 Å². The molecule has 0 saturated carbocycles. The zero-order chi connectivity index (χ0) is 21.1. The Kier molecular flexibility index (Phi) is 5.67. The van der Waals surface area contributed by atoms with Crippen LogP contribution >= 0.6 is 0 Å². The second-order valence-electron chi connectivity index (χ2n) is 7.07. The molecule has 1 aromatic carbocycles. The van der Waals surface area contributed by atoms with Gasteiger partial charge in [-0.3, -0.25) is 14.6 Å². The van der Waals surface area contributed by atoms with Crippen LogP contribution in [0, 0.1) is 0 Å². The van der Waals surface area contributed by atoms with E-state index >= 15 is 0 Å². The molecule has 0 spiro atoms. The van der Waals surface area contributed by atoms with E-state index in [1.165, 1.54) is 19.2 Å². The van der Waals surface area contributed by atoms with E-state index < -0.39 is 11.9 Å². The van der Waals surface area contributed by atoms with Crippen molar-refractivity contribution in [3.8, 4) is 11.5 Å². The van der Waals surface area contributed by atoms with Gasteiger partial charge in [-0.2, -0.15) is 0 Å². The first-order chi connectivity index (χ1) is 14.6. The first-order valence-electron chi connectivity index (χ1n) is 9.67. The fraction of sp³-hybridized carbons (Fsp3) is 0.318. The van der Waals surface area contributed by atoms with Crippen molar-refractivity contribution in [2.45, 2.75) is 12.3 Å². The summed E-state index contributed by atoms with van der Waals surface area (Å²) in [5.74, 6) is -0.919. The number of carbonyl (C=O) groups excluding carboxylic acids is 2. The van der Waals surface area contributed by atoms with Crippen LogP contribution in [0.5, 0.6) is 11.5 Å². The van der Waals surface area contributed by atoms with Crippen molar-refractivity contribution < 1.29 is 28.9 Å². The van der Waals surface area contributed by atoms with Gasteiger partial charge in [-0.15, -0.1) is 0 Å². The molecule has 8 heteroatoms. The number of aromatic hydroxyl groups is 1. The van der Waals surface area contributed by atoms with Crippen LogP contribution in [0.1, 0.15) is 33.8 Å². The summed E-state index contributed by atoms with van der Waals surface area (Å²) < 4.78 is 16.1. The molecule has 2 aromatic rings. The van der Waals surface area contributed by atoms with E-state index in [0.29, 0.717) is 43.0 Å². The first-order valence-corrected chi connectivity index (χ1v) is 9.67. The molecule has 0 bridgehead atoms. The molecule has 0 aliphatic carbocycles. The molecule has 8 nitrogen and oxygen atoms in total. The zero-order valence-corrected chi connectivity index (χ0v) is 16.5. The lowest BCUT2D eigenvalue weighted by atomic mass is 9.87. The highest BCUT2D eigenvalue weighted by molar-refractivity contribution is 6.12. The average molecular weight is 410 g/mol. The van der Waals surface area contributed by atoms with Crippen molar-refractivity contribution in [2.75, 3.05) is 33.4 Å². The quantitative estimate of drug-likeness (QED) is 0.592. The number of rotatable bonds is 5. The normalized spacial score (nSPS) is 18.1. The average Bonchev–Trinajstić information content (AvgIpc) is 3.08. The van der Waals surface area contributed by atoms with Crippen LogP contribution in [0.2, 0.25) is 0 Å². The number of nitrogens with zero attached hydrogens (tertiary/aromatic N) is 2. The maximum Gasteiger partial charge on any atom is 0.306 e. The second-order valence-corrected chi connectivity index (χ2v) is 7.07. The Morgan fingerprint density at radius 2 is 2.13 bits per heavy atom. The third-order valence-electron chi connectivity index (χ3n) is 5.23. The van der Waals surface area contributed by atoms with Gasteiger partial charge in [0, 0.05) is 43.2 Å². The third kappa shape index (κ3) is 3.86. The monoisotopic (exact) mass is 410 g/mol. The van der Waals surface area contributed by atoms with Crippen molar-refractivity contribution in [1.29, 1.82) is 0 Å². The number of pyridine rings is 1. The van der Waals surface area contributed by atoms with Gasteiger partial charge < -0.3 is 24.2 Å². The number of phenolic OH excluding ortho intramolecular Hbond substituents is 1. The number of aromatic nitrogens is 1. The number of esters is 1. The molecule has 2 aliphatic heterocycles. The lowest BCUT2D eigenvalue weighted by Crippen LogP contribution is -2.32. The number of hydrogen-bond acceptors (Lipinski definition) is 8. The molecule has 4 rings (SSSR count). The second kappa shape index (κ2) is 8.54. The van der Waals surface area contributed by atoms with Crippen molar-refractivity contribution in [1.82, 2.24) is 9.88 Å². The summed E-state index contributed by atoms with van der Waals surface area (Å²) in [6.45, 7) is 2.49. The number of phenols is 1. The molecule has 1 aromatic heterocycles. The highest BCUT2D eigenvalue weighted by Gasteiger charge is 2.35. The molecular formula is C22H22N2O6. The minimum absolute atomic E-state index is 0.0354. The minimum atomic E-state index is -0.586. The van der Waals surface area contributed by atoms with Crippen LogP contribution in [0.25, 0.3) is 0 Å². The number of methoxy groups -OCH3 is 1. The predicted molar refractivity (Wildman–Crippen MR) is 106 cm³/mol. The Hall–Kier alpha value is -3.39. The molecule has 0 amide bonds. The van der Waals surface area contributed by atoms with E-state index in [-0.39, 0.29) is 29.5 Å². The number of carbonyl (C=O) groups is 2. The van der Waals surface area contributed by atoms with E-state index in [2.05, 4.69) is 4.98 Å². The smallest absolute Gasteiger partial charge is 0.306 e. The number of allylic oxidation sites excluding steroid dienone is 1. The number of hydrogen-bond donors (Lipinski definition) is 1. The first kappa shape index (κ1) is 19.9. The Morgan fingerprint density at radius 1 is 1.33 bits per heavy atom. The Bertz CT molecular complexity index is 983. The summed E-state index contributed by atoms with van der Waals surface area (Å²) in [7, 11) is 1.31. The van der Waals surface area contributed by atoms with Gasteiger partial charge in [-0.05, 0) is 23.8 Å². The third-order valence-corrected chi connectivity index (χ3v) is 5.23. The van der Waals surface area contributed by atoms with Gasteiger partial charge in [-0.1, -0.05) is 6.07 Å². The lowest BCUT2D eigenvalue weighted by Gasteiger charge is -2.25. The number of Topliss-reactive ketones (excluding diaryl/α,β-unsaturated/α-hetero) is 1. The van der Waals surface area contributed by atoms with Crippen molar-refractivity contribution in [2.24, 2.45) is 0 Å². The van der Waals surface area contributed by atoms with Gasteiger partial charge >= 0.3 is 5.97 Å². The molecule has 1 saturated heterocycles. The number of fused-ring (bicyclic) bond motifs is 1. The summed E-state index contributed by atoms with van der Waals surface area (Å²) in [5.41, 5.74) is 1.42. The number of morpholine rings is 1. The molecule has 156 valence electrons. The molecule has 0 radical (unpaired) electrons. The van der Waals surface area contributed by atoms with Gasteiger partial charge in [0.1, 0.15) is 11.5 Å². The SMILES string of the molecule is COC(=O)CC(c1cccnc1)c1c(O)ccc2c1OC(=CN1CCOCC1)C2=O. The molecule has 2 aliphatic rings. The zero-order valence-electron chi connectivity index (χ0n) is 16.5. The molecule has 3 heterocycles. The largest absolute Gasteiger partial charge is 0.508 e. The number of benzene rings is 1. The van der Waals surface area contributed by atoms with Gasteiger partial charge in [-0.25, -0.2) is 0 Å². The fourth-order valence-electron chi connectivity index (χ4n) is 3.68. The molecule has 1 unspecified atom stereocenters. The molecule has 30 heavy (non-hydrogen) atoms. The topological polar surface area (TPSA) is 98.2 Å². The standard InChI is InChI=1S/C22H22N2O6/c1-28-19(26)11-16(14-3-2-6-23-12-14)20-17(25)5-4-15-21(27)18(30-22(15)20)13-24-7-9-29-10-8-24/h2-6,12-13,16,25H,7-11H2,1H3. The summed E-state index contributed by atoms with van der Waals surface area (Å²) in [5, 5.41) is 10.7. The Morgan fingerprint density at radius 3 is 2.83 bits per heavy atom. The maximum absolute atomic E-state index is 12.9. The van der Waals surface area contributed by atoms with Crippen molar-refractivity contribution in [3.05, 3.63) is 65.3 Å². The van der Waals surface area contributed by atoms with Gasteiger partial charge in [0.15, 0.2) is 5.76 Å². The Balaban J connectivity index is 1.76. The van der Waals surface area contributed by atoms with Crippen LogP contribution in [-0.2, 0) is 14.3 Å². The highest BCUT2D eigenvalue weighted by Crippen LogP contribution is 2.46.